The molecule has 0 radical (unpaired) electrons. The number of aryl methyl sites for hydroxylation is 1. The Morgan fingerprint density at radius 3 is 2.54 bits per heavy atom. The van der Waals surface area contributed by atoms with Crippen molar-refractivity contribution in [1.29, 1.82) is 0 Å². The first kappa shape index (κ1) is 18.4. The summed E-state index contributed by atoms with van der Waals surface area (Å²) < 4.78 is 13.4. The van der Waals surface area contributed by atoms with E-state index in [0.717, 1.165) is 43.0 Å². The fraction of sp³-hybridized carbons (Fsp3) is 0.381. The lowest BCUT2D eigenvalue weighted by Crippen LogP contribution is -2.44. The quantitative estimate of drug-likeness (QED) is 0.913. The van der Waals surface area contributed by atoms with Crippen molar-refractivity contribution in [2.45, 2.75) is 19.9 Å². The highest BCUT2D eigenvalue weighted by Gasteiger charge is 2.18. The maximum atomic E-state index is 13.4. The first-order chi connectivity index (χ1) is 12.4. The second-order valence-corrected chi connectivity index (χ2v) is 7.04. The molecule has 5 heteroatoms. The zero-order valence-corrected chi connectivity index (χ0v) is 15.6. The van der Waals surface area contributed by atoms with E-state index in [1.165, 1.54) is 12.1 Å². The third-order valence-electron chi connectivity index (χ3n) is 5.03. The molecule has 1 N–H and O–H groups in total. The number of anilines is 1. The number of nitrogens with zero attached hydrogens (tertiary/aromatic N) is 2. The van der Waals surface area contributed by atoms with Crippen molar-refractivity contribution in [3.05, 3.63) is 65.0 Å². The molecule has 0 unspecified atom stereocenters. The van der Waals surface area contributed by atoms with E-state index in [1.54, 1.807) is 6.07 Å². The van der Waals surface area contributed by atoms with Gasteiger partial charge in [0.05, 0.1) is 6.04 Å². The first-order valence-electron chi connectivity index (χ1n) is 9.04. The minimum absolute atomic E-state index is 0.129. The summed E-state index contributed by atoms with van der Waals surface area (Å²) in [6.45, 7) is 7.76. The van der Waals surface area contributed by atoms with Gasteiger partial charge in [-0.1, -0.05) is 18.2 Å². The summed E-state index contributed by atoms with van der Waals surface area (Å²) in [7, 11) is 2.12. The summed E-state index contributed by atoms with van der Waals surface area (Å²) >= 11 is 0. The average Bonchev–Trinajstić information content (AvgIpc) is 2.62. The molecule has 138 valence electrons. The number of piperazine rings is 1. The number of benzene rings is 2. The summed E-state index contributed by atoms with van der Waals surface area (Å²) in [6.07, 6.45) is 0. The van der Waals surface area contributed by atoms with Crippen LogP contribution >= 0.6 is 0 Å². The summed E-state index contributed by atoms with van der Waals surface area (Å²) in [5.74, 6) is -0.424. The normalized spacial score (nSPS) is 16.4. The van der Waals surface area contributed by atoms with E-state index in [9.17, 15) is 9.18 Å². The fourth-order valence-corrected chi connectivity index (χ4v) is 3.25. The second-order valence-electron chi connectivity index (χ2n) is 7.04. The molecule has 2 aromatic carbocycles. The number of rotatable bonds is 4. The van der Waals surface area contributed by atoms with Crippen molar-refractivity contribution in [1.82, 2.24) is 10.2 Å². The zero-order chi connectivity index (χ0) is 18.7. The number of nitrogens with one attached hydrogen (secondary N) is 1. The van der Waals surface area contributed by atoms with Crippen LogP contribution in [0.3, 0.4) is 0 Å². The number of hydrogen-bond acceptors (Lipinski definition) is 3. The van der Waals surface area contributed by atoms with Gasteiger partial charge in [0.15, 0.2) is 0 Å². The van der Waals surface area contributed by atoms with E-state index in [-0.39, 0.29) is 17.8 Å². The third kappa shape index (κ3) is 4.22. The van der Waals surface area contributed by atoms with Crippen molar-refractivity contribution < 1.29 is 9.18 Å². The Labute approximate surface area is 154 Å². The van der Waals surface area contributed by atoms with Crippen LogP contribution in [0.5, 0.6) is 0 Å². The molecule has 26 heavy (non-hydrogen) atoms. The molecule has 1 atom stereocenters. The van der Waals surface area contributed by atoms with Gasteiger partial charge in [-0.15, -0.1) is 0 Å². The lowest BCUT2D eigenvalue weighted by molar-refractivity contribution is 0.0939. The predicted molar refractivity (Wildman–Crippen MR) is 103 cm³/mol. The maximum Gasteiger partial charge on any atom is 0.252 e. The van der Waals surface area contributed by atoms with Crippen LogP contribution in [0.4, 0.5) is 10.1 Å². The molecular weight excluding hydrogens is 329 g/mol. The number of amides is 1. The highest BCUT2D eigenvalue weighted by atomic mass is 19.1. The largest absolute Gasteiger partial charge is 0.369 e. The number of likely N-dealkylation sites (N-methyl/N-ethyl adjacent to an activating group) is 1. The molecule has 1 fully saturated rings. The van der Waals surface area contributed by atoms with Gasteiger partial charge in [0.1, 0.15) is 5.82 Å². The monoisotopic (exact) mass is 355 g/mol. The van der Waals surface area contributed by atoms with E-state index < -0.39 is 0 Å². The SMILES string of the molecule is Cc1ccc(N2CCN(C)CC2)cc1C(=O)N[C@H](C)c1cccc(F)c1. The molecular formula is C21H26FN3O. The van der Waals surface area contributed by atoms with Crippen molar-refractivity contribution >= 4 is 11.6 Å². The molecule has 1 aliphatic heterocycles. The Balaban J connectivity index is 1.75. The Kier molecular flexibility index (Phi) is 5.57. The molecule has 1 heterocycles. The third-order valence-corrected chi connectivity index (χ3v) is 5.03. The summed E-state index contributed by atoms with van der Waals surface area (Å²) in [4.78, 5) is 17.4. The highest BCUT2D eigenvalue weighted by Crippen LogP contribution is 2.22. The van der Waals surface area contributed by atoms with Gasteiger partial charge >= 0.3 is 0 Å². The van der Waals surface area contributed by atoms with E-state index in [0.29, 0.717) is 5.56 Å². The first-order valence-corrected chi connectivity index (χ1v) is 9.04. The topological polar surface area (TPSA) is 35.6 Å². The molecule has 0 spiro atoms. The van der Waals surface area contributed by atoms with Crippen LogP contribution < -0.4 is 10.2 Å². The summed E-state index contributed by atoms with van der Waals surface area (Å²) in [5, 5.41) is 2.99. The molecule has 0 bridgehead atoms. The molecule has 3 rings (SSSR count). The molecule has 1 aliphatic rings. The summed E-state index contributed by atoms with van der Waals surface area (Å²) in [5.41, 5.74) is 3.44. The van der Waals surface area contributed by atoms with Crippen LogP contribution in [0, 0.1) is 12.7 Å². The van der Waals surface area contributed by atoms with Crippen LogP contribution in [-0.4, -0.2) is 44.0 Å². The van der Waals surface area contributed by atoms with Gasteiger partial charge in [-0.25, -0.2) is 4.39 Å². The average molecular weight is 355 g/mol. The van der Waals surface area contributed by atoms with Crippen LogP contribution in [0.25, 0.3) is 0 Å². The van der Waals surface area contributed by atoms with Crippen molar-refractivity contribution in [3.8, 4) is 0 Å². The van der Waals surface area contributed by atoms with E-state index in [2.05, 4.69) is 28.2 Å². The van der Waals surface area contributed by atoms with E-state index in [4.69, 9.17) is 0 Å². The van der Waals surface area contributed by atoms with Gasteiger partial charge in [-0.05, 0) is 56.3 Å². The van der Waals surface area contributed by atoms with Crippen molar-refractivity contribution in [3.63, 3.8) is 0 Å². The lowest BCUT2D eigenvalue weighted by atomic mass is 10.0. The number of carbonyl (C=O) groups excluding carboxylic acids is 1. The lowest BCUT2D eigenvalue weighted by Gasteiger charge is -2.34. The number of hydrogen-bond donors (Lipinski definition) is 1. The van der Waals surface area contributed by atoms with Gasteiger partial charge < -0.3 is 15.1 Å². The Morgan fingerprint density at radius 2 is 1.85 bits per heavy atom. The smallest absolute Gasteiger partial charge is 0.252 e. The van der Waals surface area contributed by atoms with Gasteiger partial charge in [0.2, 0.25) is 0 Å². The molecule has 0 aromatic heterocycles. The Hall–Kier alpha value is -2.40. The second kappa shape index (κ2) is 7.87. The van der Waals surface area contributed by atoms with Crippen LogP contribution in [0.1, 0.15) is 34.5 Å². The molecule has 2 aromatic rings. The molecule has 4 nitrogen and oxygen atoms in total. The van der Waals surface area contributed by atoms with Crippen LogP contribution in [0.15, 0.2) is 42.5 Å². The maximum absolute atomic E-state index is 13.4. The van der Waals surface area contributed by atoms with Crippen molar-refractivity contribution in [2.24, 2.45) is 0 Å². The van der Waals surface area contributed by atoms with Crippen LogP contribution in [0.2, 0.25) is 0 Å². The zero-order valence-electron chi connectivity index (χ0n) is 15.6. The van der Waals surface area contributed by atoms with Gasteiger partial charge in [-0.2, -0.15) is 0 Å². The van der Waals surface area contributed by atoms with Crippen molar-refractivity contribution in [2.75, 3.05) is 38.1 Å². The van der Waals surface area contributed by atoms with E-state index >= 15 is 0 Å². The Bertz CT molecular complexity index is 785. The minimum atomic E-state index is -0.295. The predicted octanol–water partition coefficient (Wildman–Crippen LogP) is 3.38. The molecule has 1 amide bonds. The molecule has 1 saturated heterocycles. The van der Waals surface area contributed by atoms with Gasteiger partial charge in [0, 0.05) is 37.4 Å². The highest BCUT2D eigenvalue weighted by molar-refractivity contribution is 5.96. The van der Waals surface area contributed by atoms with Gasteiger partial charge in [-0.3, -0.25) is 4.79 Å². The molecule has 0 aliphatic carbocycles. The standard InChI is InChI=1S/C21H26FN3O/c1-15-7-8-19(25-11-9-24(3)10-12-25)14-20(15)21(26)23-16(2)17-5-4-6-18(22)13-17/h4-8,13-14,16H,9-12H2,1-3H3,(H,23,26)/t16-/m1/s1. The fourth-order valence-electron chi connectivity index (χ4n) is 3.25. The number of halogens is 1. The minimum Gasteiger partial charge on any atom is -0.369 e. The van der Waals surface area contributed by atoms with E-state index in [1.807, 2.05) is 32.0 Å². The number of carbonyl (C=O) groups is 1. The summed E-state index contributed by atoms with van der Waals surface area (Å²) in [6, 6.07) is 12.1. The molecule has 0 saturated carbocycles. The Morgan fingerprint density at radius 1 is 1.12 bits per heavy atom. The van der Waals surface area contributed by atoms with Crippen LogP contribution in [-0.2, 0) is 0 Å². The van der Waals surface area contributed by atoms with Gasteiger partial charge in [0.25, 0.3) is 5.91 Å².